The third-order valence-electron chi connectivity index (χ3n) is 4.34. The van der Waals surface area contributed by atoms with E-state index in [1.807, 2.05) is 30.5 Å². The zero-order valence-electron chi connectivity index (χ0n) is 16.3. The van der Waals surface area contributed by atoms with E-state index in [1.165, 1.54) is 7.11 Å². The van der Waals surface area contributed by atoms with Gasteiger partial charge in [0.1, 0.15) is 11.5 Å². The quantitative estimate of drug-likeness (QED) is 0.608. The van der Waals surface area contributed by atoms with Crippen LogP contribution >= 0.6 is 0 Å². The summed E-state index contributed by atoms with van der Waals surface area (Å²) in [6.45, 7) is 3.54. The summed E-state index contributed by atoms with van der Waals surface area (Å²) in [5.74, 6) is -0.662. The molecule has 0 bridgehead atoms. The number of halogens is 1. The van der Waals surface area contributed by atoms with Gasteiger partial charge in [0, 0.05) is 28.9 Å². The van der Waals surface area contributed by atoms with Gasteiger partial charge in [0.25, 0.3) is 5.91 Å². The van der Waals surface area contributed by atoms with Crippen molar-refractivity contribution in [2.45, 2.75) is 19.9 Å². The number of benzene rings is 2. The number of aromatic amines is 1. The van der Waals surface area contributed by atoms with Crippen molar-refractivity contribution in [1.29, 1.82) is 0 Å². The van der Waals surface area contributed by atoms with Gasteiger partial charge in [-0.05, 0) is 61.2 Å². The van der Waals surface area contributed by atoms with Gasteiger partial charge in [0.15, 0.2) is 5.83 Å². The van der Waals surface area contributed by atoms with Crippen molar-refractivity contribution in [3.05, 3.63) is 54.0 Å². The van der Waals surface area contributed by atoms with Crippen LogP contribution in [-0.2, 0) is 4.79 Å². The lowest BCUT2D eigenvalue weighted by molar-refractivity contribution is -0.119. The lowest BCUT2D eigenvalue weighted by atomic mass is 10.00. The van der Waals surface area contributed by atoms with E-state index >= 15 is 0 Å². The fourth-order valence-corrected chi connectivity index (χ4v) is 3.01. The van der Waals surface area contributed by atoms with E-state index < -0.39 is 11.7 Å². The molecule has 28 heavy (non-hydrogen) atoms. The first-order chi connectivity index (χ1) is 13.4. The average molecular weight is 382 g/mol. The van der Waals surface area contributed by atoms with Gasteiger partial charge in [-0.3, -0.25) is 4.79 Å². The maximum atomic E-state index is 14.3. The minimum absolute atomic E-state index is 0.159. The van der Waals surface area contributed by atoms with Crippen LogP contribution < -0.4 is 14.8 Å². The Morgan fingerprint density at radius 3 is 2.54 bits per heavy atom. The molecule has 1 aromatic heterocycles. The fourth-order valence-electron chi connectivity index (χ4n) is 3.01. The first kappa shape index (κ1) is 19.5. The summed E-state index contributed by atoms with van der Waals surface area (Å²) in [7, 11) is 3.06. The standard InChI is InChI=1S/C22H23FN2O3/c1-13(2)25-22(26)18(23)10-16-11-21(28-4)17(12-20(16)27-3)14-5-6-19-15(9-14)7-8-24-19/h5-13,24H,1-4H3,(H,25,26)/b18-10+. The van der Waals surface area contributed by atoms with E-state index in [9.17, 15) is 9.18 Å². The molecular weight excluding hydrogens is 359 g/mol. The summed E-state index contributed by atoms with van der Waals surface area (Å²) in [4.78, 5) is 15.0. The third-order valence-corrected chi connectivity index (χ3v) is 4.34. The number of carbonyl (C=O) groups is 1. The zero-order chi connectivity index (χ0) is 20.3. The molecule has 0 spiro atoms. The minimum Gasteiger partial charge on any atom is -0.496 e. The summed E-state index contributed by atoms with van der Waals surface area (Å²) in [5, 5.41) is 3.59. The zero-order valence-corrected chi connectivity index (χ0v) is 16.3. The molecule has 2 aromatic carbocycles. The Kier molecular flexibility index (Phi) is 5.68. The number of amides is 1. The van der Waals surface area contributed by atoms with E-state index in [4.69, 9.17) is 9.47 Å². The van der Waals surface area contributed by atoms with Gasteiger partial charge in [-0.1, -0.05) is 6.07 Å². The van der Waals surface area contributed by atoms with Gasteiger partial charge in [-0.2, -0.15) is 0 Å². The minimum atomic E-state index is -0.893. The molecule has 1 amide bonds. The number of nitrogens with one attached hydrogen (secondary N) is 2. The highest BCUT2D eigenvalue weighted by Gasteiger charge is 2.16. The SMILES string of the molecule is COc1cc(-c2ccc3[nH]ccc3c2)c(OC)cc1/C=C(/F)C(=O)NC(C)C. The van der Waals surface area contributed by atoms with E-state index in [0.29, 0.717) is 17.1 Å². The molecule has 3 aromatic rings. The largest absolute Gasteiger partial charge is 0.496 e. The molecule has 146 valence electrons. The van der Waals surface area contributed by atoms with E-state index in [1.54, 1.807) is 33.1 Å². The van der Waals surface area contributed by atoms with Crippen molar-refractivity contribution in [3.63, 3.8) is 0 Å². The molecule has 1 heterocycles. The molecule has 0 saturated heterocycles. The second kappa shape index (κ2) is 8.17. The van der Waals surface area contributed by atoms with Crippen LogP contribution in [0.3, 0.4) is 0 Å². The molecule has 0 aliphatic heterocycles. The molecule has 0 unspecified atom stereocenters. The molecule has 3 rings (SSSR count). The molecule has 0 aliphatic carbocycles. The third kappa shape index (κ3) is 4.01. The molecule has 0 aliphatic rings. The van der Waals surface area contributed by atoms with Gasteiger partial charge in [-0.15, -0.1) is 0 Å². The van der Waals surface area contributed by atoms with E-state index in [0.717, 1.165) is 28.1 Å². The number of rotatable bonds is 6. The normalized spacial score (nSPS) is 11.7. The van der Waals surface area contributed by atoms with Crippen molar-refractivity contribution in [2.75, 3.05) is 14.2 Å². The van der Waals surface area contributed by atoms with Crippen LogP contribution in [0.2, 0.25) is 0 Å². The molecule has 0 atom stereocenters. The van der Waals surface area contributed by atoms with Crippen LogP contribution in [0.4, 0.5) is 4.39 Å². The van der Waals surface area contributed by atoms with Crippen molar-refractivity contribution >= 4 is 22.9 Å². The first-order valence-electron chi connectivity index (χ1n) is 8.94. The Morgan fingerprint density at radius 1 is 1.11 bits per heavy atom. The monoisotopic (exact) mass is 382 g/mol. The second-order valence-electron chi connectivity index (χ2n) is 6.69. The van der Waals surface area contributed by atoms with Crippen molar-refractivity contribution in [3.8, 4) is 22.6 Å². The van der Waals surface area contributed by atoms with Crippen molar-refractivity contribution < 1.29 is 18.7 Å². The van der Waals surface area contributed by atoms with Crippen molar-refractivity contribution in [1.82, 2.24) is 10.3 Å². The molecule has 5 nitrogen and oxygen atoms in total. The first-order valence-corrected chi connectivity index (χ1v) is 8.94. The molecule has 6 heteroatoms. The van der Waals surface area contributed by atoms with Crippen LogP contribution in [0.15, 0.2) is 48.4 Å². The van der Waals surface area contributed by atoms with E-state index in [2.05, 4.69) is 10.3 Å². The van der Waals surface area contributed by atoms with Crippen LogP contribution in [-0.4, -0.2) is 31.2 Å². The summed E-state index contributed by atoms with van der Waals surface area (Å²) < 4.78 is 25.3. The number of hydrogen-bond donors (Lipinski definition) is 2. The maximum absolute atomic E-state index is 14.3. The van der Waals surface area contributed by atoms with Crippen molar-refractivity contribution in [2.24, 2.45) is 0 Å². The lowest BCUT2D eigenvalue weighted by Gasteiger charge is -2.14. The highest BCUT2D eigenvalue weighted by Crippen LogP contribution is 2.38. The predicted molar refractivity (Wildman–Crippen MR) is 109 cm³/mol. The number of methoxy groups -OCH3 is 2. The van der Waals surface area contributed by atoms with Crippen LogP contribution in [0, 0.1) is 0 Å². The van der Waals surface area contributed by atoms with Gasteiger partial charge in [0.2, 0.25) is 0 Å². The smallest absolute Gasteiger partial charge is 0.280 e. The molecule has 2 N–H and O–H groups in total. The number of aromatic nitrogens is 1. The Labute approximate surface area is 163 Å². The topological polar surface area (TPSA) is 63.4 Å². The summed E-state index contributed by atoms with van der Waals surface area (Å²) in [6.07, 6.45) is 3.03. The molecule has 0 radical (unpaired) electrons. The maximum Gasteiger partial charge on any atom is 0.280 e. The van der Waals surface area contributed by atoms with Crippen LogP contribution in [0.5, 0.6) is 11.5 Å². The Bertz CT molecular complexity index is 1040. The highest BCUT2D eigenvalue weighted by molar-refractivity contribution is 5.96. The Morgan fingerprint density at radius 2 is 1.86 bits per heavy atom. The number of hydrogen-bond acceptors (Lipinski definition) is 3. The summed E-state index contributed by atoms with van der Waals surface area (Å²) >= 11 is 0. The average Bonchev–Trinajstić information content (AvgIpc) is 3.14. The predicted octanol–water partition coefficient (Wildman–Crippen LogP) is 4.69. The fraction of sp³-hybridized carbons (Fsp3) is 0.227. The number of ether oxygens (including phenoxy) is 2. The van der Waals surface area contributed by atoms with Gasteiger partial charge in [-0.25, -0.2) is 4.39 Å². The number of carbonyl (C=O) groups excluding carboxylic acids is 1. The van der Waals surface area contributed by atoms with Crippen LogP contribution in [0.1, 0.15) is 19.4 Å². The molecular formula is C22H23FN2O3. The number of H-pyrrole nitrogens is 1. The summed E-state index contributed by atoms with van der Waals surface area (Å²) in [5.41, 5.74) is 3.21. The van der Waals surface area contributed by atoms with Gasteiger partial charge in [0.05, 0.1) is 14.2 Å². The van der Waals surface area contributed by atoms with Gasteiger partial charge < -0.3 is 19.8 Å². The van der Waals surface area contributed by atoms with Crippen LogP contribution in [0.25, 0.3) is 28.1 Å². The number of fused-ring (bicyclic) bond motifs is 1. The highest BCUT2D eigenvalue weighted by atomic mass is 19.1. The van der Waals surface area contributed by atoms with E-state index in [-0.39, 0.29) is 6.04 Å². The second-order valence-corrected chi connectivity index (χ2v) is 6.69. The Hall–Kier alpha value is -3.28. The van der Waals surface area contributed by atoms with Gasteiger partial charge >= 0.3 is 0 Å². The molecule has 0 saturated carbocycles. The lowest BCUT2D eigenvalue weighted by Crippen LogP contribution is -2.30. The summed E-state index contributed by atoms with van der Waals surface area (Å²) in [6, 6.07) is 11.3. The molecule has 0 fully saturated rings. The Balaban J connectivity index is 2.06.